The third-order valence-corrected chi connectivity index (χ3v) is 5.76. The second-order valence-corrected chi connectivity index (χ2v) is 7.97. The van der Waals surface area contributed by atoms with E-state index in [9.17, 15) is 15.0 Å². The van der Waals surface area contributed by atoms with Crippen molar-refractivity contribution < 1.29 is 10.2 Å². The number of rotatable bonds is 2. The molecule has 3 heterocycles. The zero-order valence-electron chi connectivity index (χ0n) is 14.7. The molecule has 1 fully saturated rings. The zero-order valence-corrected chi connectivity index (χ0v) is 17.0. The van der Waals surface area contributed by atoms with Gasteiger partial charge in [-0.1, -0.05) is 40.9 Å². The number of aromatic nitrogens is 2. The minimum Gasteiger partial charge on any atom is -0.389 e. The molecule has 0 radical (unpaired) electrons. The standard InChI is InChI=1S/C19H16Cl3N3O3/c1-9-5-13(26)16-18(25(9)17-10(20)3-2-4-11(17)21)12(22)6-23-19(16)24-7-14(27)15(28)8-24/h2-6,14-15,27-28H,7-8H2,1H3/t14-,15+. The molecule has 0 spiro atoms. The van der Waals surface area contributed by atoms with E-state index in [0.29, 0.717) is 32.8 Å². The predicted molar refractivity (Wildman–Crippen MR) is 111 cm³/mol. The highest BCUT2D eigenvalue weighted by Gasteiger charge is 2.32. The Bertz CT molecular complexity index is 1120. The molecule has 146 valence electrons. The first-order chi connectivity index (χ1) is 13.3. The molecule has 0 bridgehead atoms. The van der Waals surface area contributed by atoms with Gasteiger partial charge in [-0.2, -0.15) is 0 Å². The van der Waals surface area contributed by atoms with Crippen LogP contribution < -0.4 is 10.3 Å². The quantitative estimate of drug-likeness (QED) is 0.640. The van der Waals surface area contributed by atoms with Crippen LogP contribution in [0.1, 0.15) is 5.69 Å². The molecule has 0 unspecified atom stereocenters. The normalized spacial score (nSPS) is 19.6. The Morgan fingerprint density at radius 3 is 2.29 bits per heavy atom. The summed E-state index contributed by atoms with van der Waals surface area (Å²) in [5.41, 5.74) is 1.26. The number of benzene rings is 1. The van der Waals surface area contributed by atoms with Crippen molar-refractivity contribution in [3.63, 3.8) is 0 Å². The van der Waals surface area contributed by atoms with Crippen molar-refractivity contribution in [3.05, 3.63) is 61.4 Å². The third-order valence-electron chi connectivity index (χ3n) is 4.87. The maximum atomic E-state index is 12.9. The van der Waals surface area contributed by atoms with Gasteiger partial charge in [0.2, 0.25) is 0 Å². The molecule has 6 nitrogen and oxygen atoms in total. The van der Waals surface area contributed by atoms with E-state index in [-0.39, 0.29) is 28.9 Å². The second-order valence-electron chi connectivity index (χ2n) is 6.75. The summed E-state index contributed by atoms with van der Waals surface area (Å²) in [6.45, 7) is 2.08. The molecule has 4 rings (SSSR count). The summed E-state index contributed by atoms with van der Waals surface area (Å²) in [5, 5.41) is 21.2. The zero-order chi connectivity index (χ0) is 20.2. The first-order valence-electron chi connectivity index (χ1n) is 8.56. The van der Waals surface area contributed by atoms with Gasteiger partial charge in [-0.15, -0.1) is 0 Å². The van der Waals surface area contributed by atoms with Gasteiger partial charge < -0.3 is 19.7 Å². The Morgan fingerprint density at radius 1 is 1.07 bits per heavy atom. The fourth-order valence-electron chi connectivity index (χ4n) is 3.59. The lowest BCUT2D eigenvalue weighted by atomic mass is 10.1. The highest BCUT2D eigenvalue weighted by molar-refractivity contribution is 6.38. The van der Waals surface area contributed by atoms with E-state index in [1.54, 1.807) is 34.6 Å². The van der Waals surface area contributed by atoms with Gasteiger partial charge in [0, 0.05) is 24.8 Å². The first-order valence-corrected chi connectivity index (χ1v) is 9.69. The number of β-amino-alcohol motifs (C(OH)–C–C–N with tert-alkyl or cyclic N) is 2. The van der Waals surface area contributed by atoms with Gasteiger partial charge >= 0.3 is 0 Å². The van der Waals surface area contributed by atoms with Gasteiger partial charge in [-0.3, -0.25) is 4.79 Å². The highest BCUT2D eigenvalue weighted by Crippen LogP contribution is 2.36. The van der Waals surface area contributed by atoms with E-state index in [4.69, 9.17) is 34.8 Å². The molecule has 1 aliphatic heterocycles. The van der Waals surface area contributed by atoms with Crippen LogP contribution in [0.5, 0.6) is 0 Å². The molecule has 2 atom stereocenters. The minimum atomic E-state index is -0.918. The number of hydrogen-bond donors (Lipinski definition) is 2. The van der Waals surface area contributed by atoms with Crippen LogP contribution in [0, 0.1) is 6.92 Å². The van der Waals surface area contributed by atoms with Gasteiger partial charge in [-0.25, -0.2) is 4.98 Å². The summed E-state index contributed by atoms with van der Waals surface area (Å²) in [5.74, 6) is 0.344. The number of anilines is 1. The lowest BCUT2D eigenvalue weighted by Gasteiger charge is -2.22. The summed E-state index contributed by atoms with van der Waals surface area (Å²) in [6, 6.07) is 6.60. The smallest absolute Gasteiger partial charge is 0.193 e. The largest absolute Gasteiger partial charge is 0.389 e. The maximum absolute atomic E-state index is 12.9. The average molecular weight is 441 g/mol. The maximum Gasteiger partial charge on any atom is 0.193 e. The topological polar surface area (TPSA) is 78.6 Å². The number of hydrogen-bond acceptors (Lipinski definition) is 5. The molecule has 0 saturated carbocycles. The SMILES string of the molecule is Cc1cc(=O)c2c(N3C[C@@H](O)[C@@H](O)C3)ncc(Cl)c2n1-c1c(Cl)cccc1Cl. The van der Waals surface area contributed by atoms with E-state index >= 15 is 0 Å². The monoisotopic (exact) mass is 439 g/mol. The summed E-state index contributed by atoms with van der Waals surface area (Å²) in [7, 11) is 0. The number of nitrogens with zero attached hydrogens (tertiary/aromatic N) is 3. The minimum absolute atomic E-state index is 0.158. The van der Waals surface area contributed by atoms with Crippen molar-refractivity contribution in [2.24, 2.45) is 0 Å². The number of aryl methyl sites for hydroxylation is 1. The first kappa shape index (κ1) is 19.5. The second kappa shape index (κ2) is 7.21. The van der Waals surface area contributed by atoms with Crippen LogP contribution in [-0.2, 0) is 0 Å². The fourth-order valence-corrected chi connectivity index (χ4v) is 4.38. The number of para-hydroxylation sites is 1. The molecule has 28 heavy (non-hydrogen) atoms. The Balaban J connectivity index is 2.09. The van der Waals surface area contributed by atoms with Crippen molar-refractivity contribution in [1.29, 1.82) is 0 Å². The van der Waals surface area contributed by atoms with E-state index in [1.807, 2.05) is 0 Å². The molecule has 1 aromatic carbocycles. The molecule has 2 N–H and O–H groups in total. The van der Waals surface area contributed by atoms with E-state index in [2.05, 4.69) is 4.98 Å². The highest BCUT2D eigenvalue weighted by atomic mass is 35.5. The van der Waals surface area contributed by atoms with Gasteiger partial charge in [0.15, 0.2) is 5.43 Å². The summed E-state index contributed by atoms with van der Waals surface area (Å²) < 4.78 is 1.73. The van der Waals surface area contributed by atoms with Crippen LogP contribution in [0.25, 0.3) is 16.6 Å². The third kappa shape index (κ3) is 3.06. The molecule has 3 aromatic rings. The van der Waals surface area contributed by atoms with Gasteiger partial charge in [0.05, 0.1) is 50.1 Å². The van der Waals surface area contributed by atoms with Crippen LogP contribution in [0.4, 0.5) is 5.82 Å². The predicted octanol–water partition coefficient (Wildman–Crippen LogP) is 3.20. The van der Waals surface area contributed by atoms with Crippen molar-refractivity contribution in [3.8, 4) is 5.69 Å². The van der Waals surface area contributed by atoms with Crippen LogP contribution >= 0.6 is 34.8 Å². The molecule has 0 amide bonds. The van der Waals surface area contributed by atoms with Crippen molar-refractivity contribution in [2.45, 2.75) is 19.1 Å². The van der Waals surface area contributed by atoms with Crippen molar-refractivity contribution in [1.82, 2.24) is 9.55 Å². The summed E-state index contributed by atoms with van der Waals surface area (Å²) in [4.78, 5) is 18.9. The molecule has 1 aliphatic rings. The Labute approximate surface area is 175 Å². The Morgan fingerprint density at radius 2 is 1.68 bits per heavy atom. The van der Waals surface area contributed by atoms with Crippen molar-refractivity contribution >= 4 is 51.5 Å². The van der Waals surface area contributed by atoms with Crippen molar-refractivity contribution in [2.75, 3.05) is 18.0 Å². The Kier molecular flexibility index (Phi) is 5.02. The lowest BCUT2D eigenvalue weighted by molar-refractivity contribution is 0.0572. The summed E-state index contributed by atoms with van der Waals surface area (Å²) >= 11 is 19.3. The van der Waals surface area contributed by atoms with Gasteiger partial charge in [0.1, 0.15) is 5.82 Å². The Hall–Kier alpha value is -1.83. The molecular formula is C19H16Cl3N3O3. The van der Waals surface area contributed by atoms with E-state index in [0.717, 1.165) is 0 Å². The van der Waals surface area contributed by atoms with Gasteiger partial charge in [0.25, 0.3) is 0 Å². The van der Waals surface area contributed by atoms with E-state index in [1.165, 1.54) is 12.3 Å². The number of pyridine rings is 2. The van der Waals surface area contributed by atoms with E-state index < -0.39 is 12.2 Å². The molecule has 0 aliphatic carbocycles. The van der Waals surface area contributed by atoms with Crippen LogP contribution in [-0.4, -0.2) is 45.1 Å². The number of aliphatic hydroxyl groups excluding tert-OH is 2. The van der Waals surface area contributed by atoms with Gasteiger partial charge in [-0.05, 0) is 19.1 Å². The number of aliphatic hydroxyl groups is 2. The lowest BCUT2D eigenvalue weighted by Crippen LogP contribution is -2.25. The average Bonchev–Trinajstić information content (AvgIpc) is 2.96. The molecular weight excluding hydrogens is 425 g/mol. The van der Waals surface area contributed by atoms with Crippen LogP contribution in [0.15, 0.2) is 35.3 Å². The van der Waals surface area contributed by atoms with Crippen LogP contribution in [0.3, 0.4) is 0 Å². The van der Waals surface area contributed by atoms with Crippen LogP contribution in [0.2, 0.25) is 15.1 Å². The number of fused-ring (bicyclic) bond motifs is 1. The molecule has 9 heteroatoms. The molecule has 1 saturated heterocycles. The number of halogens is 3. The fraction of sp³-hybridized carbons (Fsp3) is 0.263. The molecule has 2 aromatic heterocycles. The summed E-state index contributed by atoms with van der Waals surface area (Å²) in [6.07, 6.45) is -0.396.